The van der Waals surface area contributed by atoms with Crippen LogP contribution in [0.3, 0.4) is 0 Å². The molecule has 0 saturated carbocycles. The van der Waals surface area contributed by atoms with Gasteiger partial charge in [-0.05, 0) is 25.1 Å². The molecular weight excluding hydrogens is 338 g/mol. The summed E-state index contributed by atoms with van der Waals surface area (Å²) in [4.78, 5) is 18.5. The highest BCUT2D eigenvalue weighted by Gasteiger charge is 2.33. The van der Waals surface area contributed by atoms with Crippen LogP contribution in [-0.2, 0) is 13.0 Å². The highest BCUT2D eigenvalue weighted by molar-refractivity contribution is 5.75. The number of aromatic amines is 2. The molecule has 6 heteroatoms. The third kappa shape index (κ3) is 2.78. The highest BCUT2D eigenvalue weighted by Crippen LogP contribution is 2.35. The number of fused-ring (bicyclic) bond motifs is 2. The average Bonchev–Trinajstić information content (AvgIpc) is 3.31. The van der Waals surface area contributed by atoms with E-state index in [9.17, 15) is 5.11 Å². The minimum Gasteiger partial charge on any atom is -0.508 e. The number of aromatic hydroxyl groups is 1. The van der Waals surface area contributed by atoms with Crippen LogP contribution >= 0.6 is 0 Å². The van der Waals surface area contributed by atoms with Crippen LogP contribution in [0.15, 0.2) is 48.8 Å². The Hall–Kier alpha value is -3.12. The number of phenolic OH excluding ortho intramolecular Hbond substituents is 1. The topological polar surface area (TPSA) is 80.8 Å². The quantitative estimate of drug-likeness (QED) is 0.523. The van der Waals surface area contributed by atoms with E-state index in [1.54, 1.807) is 12.4 Å². The van der Waals surface area contributed by atoms with Gasteiger partial charge in [-0.15, -0.1) is 0 Å². The second-order valence-electron chi connectivity index (χ2n) is 7.16. The summed E-state index contributed by atoms with van der Waals surface area (Å²) in [5, 5.41) is 10.3. The predicted octanol–water partition coefficient (Wildman–Crippen LogP) is 3.45. The number of hydrogen-bond acceptors (Lipinski definition) is 4. The van der Waals surface area contributed by atoms with Crippen molar-refractivity contribution in [1.29, 1.82) is 0 Å². The fraction of sp³-hybridized carbons (Fsp3) is 0.238. The van der Waals surface area contributed by atoms with E-state index in [0.29, 0.717) is 12.3 Å². The molecule has 2 aromatic heterocycles. The van der Waals surface area contributed by atoms with Crippen molar-refractivity contribution in [3.63, 3.8) is 0 Å². The number of H-pyrrole nitrogens is 2. The third-order valence-corrected chi connectivity index (χ3v) is 5.30. The Bertz CT molecular complexity index is 1080. The number of nitrogens with one attached hydrogen (secondary N) is 2. The summed E-state index contributed by atoms with van der Waals surface area (Å²) in [5.74, 6) is 1.22. The first-order valence-electron chi connectivity index (χ1n) is 9.18. The summed E-state index contributed by atoms with van der Waals surface area (Å²) in [5.41, 5.74) is 6.20. The van der Waals surface area contributed by atoms with E-state index < -0.39 is 0 Å². The van der Waals surface area contributed by atoms with Gasteiger partial charge in [0.2, 0.25) is 0 Å². The van der Waals surface area contributed by atoms with E-state index in [4.69, 9.17) is 4.98 Å². The summed E-state index contributed by atoms with van der Waals surface area (Å²) in [6.45, 7) is 3.55. The molecule has 27 heavy (non-hydrogen) atoms. The number of para-hydroxylation sites is 2. The Morgan fingerprint density at radius 1 is 1.22 bits per heavy atom. The molecule has 1 aliphatic heterocycles. The van der Waals surface area contributed by atoms with Crippen molar-refractivity contribution >= 4 is 11.0 Å². The fourth-order valence-corrected chi connectivity index (χ4v) is 3.96. The van der Waals surface area contributed by atoms with Crippen molar-refractivity contribution in [1.82, 2.24) is 24.8 Å². The smallest absolute Gasteiger partial charge is 0.130 e. The van der Waals surface area contributed by atoms with Crippen molar-refractivity contribution < 1.29 is 5.11 Å². The number of imidazole rings is 2. The van der Waals surface area contributed by atoms with Crippen molar-refractivity contribution in [2.24, 2.45) is 0 Å². The van der Waals surface area contributed by atoms with Gasteiger partial charge in [-0.2, -0.15) is 0 Å². The predicted molar refractivity (Wildman–Crippen MR) is 103 cm³/mol. The molecule has 4 aromatic rings. The first kappa shape index (κ1) is 16.1. The Morgan fingerprint density at radius 3 is 3.00 bits per heavy atom. The van der Waals surface area contributed by atoms with Crippen molar-refractivity contribution in [3.8, 4) is 5.75 Å². The zero-order valence-electron chi connectivity index (χ0n) is 15.1. The first-order valence-corrected chi connectivity index (χ1v) is 9.18. The summed E-state index contributed by atoms with van der Waals surface area (Å²) in [7, 11) is 0. The van der Waals surface area contributed by atoms with E-state index in [-0.39, 0.29) is 6.04 Å². The first-order chi connectivity index (χ1) is 13.2. The van der Waals surface area contributed by atoms with Gasteiger partial charge in [0.05, 0.1) is 23.1 Å². The second kappa shape index (κ2) is 6.25. The van der Waals surface area contributed by atoms with E-state index in [0.717, 1.165) is 52.3 Å². The Morgan fingerprint density at radius 2 is 2.11 bits per heavy atom. The average molecular weight is 359 g/mol. The van der Waals surface area contributed by atoms with Crippen molar-refractivity contribution in [3.05, 3.63) is 77.1 Å². The molecule has 3 N–H and O–H groups in total. The molecule has 0 aliphatic carbocycles. The minimum atomic E-state index is -0.0766. The molecule has 0 spiro atoms. The maximum Gasteiger partial charge on any atom is 0.130 e. The van der Waals surface area contributed by atoms with Crippen molar-refractivity contribution in [2.75, 3.05) is 6.54 Å². The zero-order chi connectivity index (χ0) is 18.4. The Labute approximate surface area is 156 Å². The van der Waals surface area contributed by atoms with Crippen LogP contribution in [0.2, 0.25) is 0 Å². The molecule has 0 fully saturated rings. The number of aromatic nitrogens is 4. The molecule has 136 valence electrons. The molecule has 0 unspecified atom stereocenters. The maximum atomic E-state index is 10.3. The number of benzene rings is 2. The maximum absolute atomic E-state index is 10.3. The SMILES string of the molecule is Cc1ccc(O)c(CN2CCc3[nH]cnc3[C@H]2c2nc3ccccc3[nH]2)c1. The lowest BCUT2D eigenvalue weighted by Crippen LogP contribution is -2.36. The zero-order valence-corrected chi connectivity index (χ0v) is 15.1. The highest BCUT2D eigenvalue weighted by atomic mass is 16.3. The van der Waals surface area contributed by atoms with Gasteiger partial charge in [-0.25, -0.2) is 9.97 Å². The van der Waals surface area contributed by atoms with Crippen LogP contribution in [0.1, 0.15) is 34.4 Å². The molecular formula is C21H21N5O. The lowest BCUT2D eigenvalue weighted by atomic mass is 10.0. The molecule has 2 aromatic carbocycles. The van der Waals surface area contributed by atoms with Crippen molar-refractivity contribution in [2.45, 2.75) is 25.9 Å². The van der Waals surface area contributed by atoms with Crippen LogP contribution in [0.25, 0.3) is 11.0 Å². The Balaban J connectivity index is 1.58. The minimum absolute atomic E-state index is 0.0766. The van der Waals surface area contributed by atoms with Gasteiger partial charge in [0.15, 0.2) is 0 Å². The van der Waals surface area contributed by atoms with Crippen LogP contribution < -0.4 is 0 Å². The lowest BCUT2D eigenvalue weighted by Gasteiger charge is -2.33. The number of hydrogen-bond donors (Lipinski definition) is 3. The standard InChI is InChI=1S/C21H21N5O/c1-13-6-7-18(27)14(10-13)11-26-9-8-17-19(23-12-22-17)20(26)21-24-15-4-2-3-5-16(15)25-21/h2-7,10,12,20,27H,8-9,11H2,1H3,(H,22,23)(H,24,25)/t20-/m0/s1. The molecule has 0 radical (unpaired) electrons. The molecule has 1 atom stereocenters. The van der Waals surface area contributed by atoms with Gasteiger partial charge >= 0.3 is 0 Å². The molecule has 5 rings (SSSR count). The molecule has 0 saturated heterocycles. The fourth-order valence-electron chi connectivity index (χ4n) is 3.96. The summed E-state index contributed by atoms with van der Waals surface area (Å²) < 4.78 is 0. The van der Waals surface area contributed by atoms with Crippen LogP contribution in [-0.4, -0.2) is 36.5 Å². The number of phenols is 1. The van der Waals surface area contributed by atoms with Gasteiger partial charge in [0, 0.05) is 30.8 Å². The Kier molecular flexibility index (Phi) is 3.72. The van der Waals surface area contributed by atoms with Gasteiger partial charge in [-0.3, -0.25) is 4.90 Å². The third-order valence-electron chi connectivity index (χ3n) is 5.30. The van der Waals surface area contributed by atoms with Gasteiger partial charge < -0.3 is 15.1 Å². The summed E-state index contributed by atoms with van der Waals surface area (Å²) >= 11 is 0. The molecule has 3 heterocycles. The lowest BCUT2D eigenvalue weighted by molar-refractivity contribution is 0.192. The van der Waals surface area contributed by atoms with Gasteiger partial charge in [0.25, 0.3) is 0 Å². The molecule has 1 aliphatic rings. The second-order valence-corrected chi connectivity index (χ2v) is 7.16. The molecule has 0 amide bonds. The van der Waals surface area contributed by atoms with Crippen LogP contribution in [0.5, 0.6) is 5.75 Å². The van der Waals surface area contributed by atoms with Gasteiger partial charge in [0.1, 0.15) is 17.6 Å². The van der Waals surface area contributed by atoms with E-state index >= 15 is 0 Å². The molecule has 6 nitrogen and oxygen atoms in total. The monoisotopic (exact) mass is 359 g/mol. The summed E-state index contributed by atoms with van der Waals surface area (Å²) in [6, 6.07) is 13.7. The number of nitrogens with zero attached hydrogens (tertiary/aromatic N) is 3. The van der Waals surface area contributed by atoms with E-state index in [1.165, 1.54) is 0 Å². The van der Waals surface area contributed by atoms with E-state index in [2.05, 4.69) is 19.9 Å². The van der Waals surface area contributed by atoms with Crippen LogP contribution in [0, 0.1) is 6.92 Å². The number of aryl methyl sites for hydroxylation is 1. The van der Waals surface area contributed by atoms with E-state index in [1.807, 2.05) is 43.3 Å². The van der Waals surface area contributed by atoms with Gasteiger partial charge in [-0.1, -0.05) is 29.8 Å². The largest absolute Gasteiger partial charge is 0.508 e. The summed E-state index contributed by atoms with van der Waals surface area (Å²) in [6.07, 6.45) is 2.66. The molecule has 0 bridgehead atoms. The number of rotatable bonds is 3. The normalized spacial score (nSPS) is 17.3. The van der Waals surface area contributed by atoms with Crippen LogP contribution in [0.4, 0.5) is 0 Å².